The van der Waals surface area contributed by atoms with Gasteiger partial charge in [0.2, 0.25) is 0 Å². The van der Waals surface area contributed by atoms with E-state index in [4.69, 9.17) is 14.2 Å². The minimum absolute atomic E-state index is 0.0218. The van der Waals surface area contributed by atoms with E-state index in [1.165, 1.54) is 20.4 Å². The number of carboxylic acids is 1. The highest BCUT2D eigenvalue weighted by Gasteiger charge is 2.28. The van der Waals surface area contributed by atoms with Crippen molar-refractivity contribution in [2.24, 2.45) is 0 Å². The molecule has 0 bridgehead atoms. The average molecular weight is 647 g/mol. The predicted molar refractivity (Wildman–Crippen MR) is 172 cm³/mol. The summed E-state index contributed by atoms with van der Waals surface area (Å²) in [6.45, 7) is 4.12. The van der Waals surface area contributed by atoms with Gasteiger partial charge in [0.1, 0.15) is 0 Å². The number of anilines is 2. The summed E-state index contributed by atoms with van der Waals surface area (Å²) in [5.41, 5.74) is 2.12. The van der Waals surface area contributed by atoms with Crippen LogP contribution < -0.4 is 25.0 Å². The highest BCUT2D eigenvalue weighted by atomic mass is 16.5. The molecule has 3 aromatic rings. The zero-order valence-corrected chi connectivity index (χ0v) is 26.3. The molecule has 47 heavy (non-hydrogen) atoms. The molecule has 0 saturated carbocycles. The molecule has 3 N–H and O–H groups in total. The fourth-order valence-electron chi connectivity index (χ4n) is 5.57. The molecule has 14 heteroatoms. The molecule has 2 aromatic carbocycles. The lowest BCUT2D eigenvalue weighted by Gasteiger charge is -2.39. The van der Waals surface area contributed by atoms with E-state index in [0.717, 1.165) is 0 Å². The van der Waals surface area contributed by atoms with Gasteiger partial charge in [0.05, 0.1) is 51.3 Å². The van der Waals surface area contributed by atoms with E-state index < -0.39 is 23.8 Å². The highest BCUT2D eigenvalue weighted by Crippen LogP contribution is 2.32. The van der Waals surface area contributed by atoms with Crippen LogP contribution >= 0.6 is 0 Å². The smallest absolute Gasteiger partial charge is 0.320 e. The molecule has 3 heterocycles. The van der Waals surface area contributed by atoms with Crippen molar-refractivity contribution in [3.8, 4) is 11.5 Å². The maximum Gasteiger partial charge on any atom is 0.320 e. The van der Waals surface area contributed by atoms with Crippen LogP contribution in [-0.4, -0.2) is 110 Å². The summed E-state index contributed by atoms with van der Waals surface area (Å²) in [6.07, 6.45) is 2.73. The third-order valence-electron chi connectivity index (χ3n) is 8.10. The van der Waals surface area contributed by atoms with Gasteiger partial charge in [0.25, 0.3) is 11.8 Å². The predicted octanol–water partition coefficient (Wildman–Crippen LogP) is 2.87. The van der Waals surface area contributed by atoms with Gasteiger partial charge in [0.15, 0.2) is 11.5 Å². The Balaban J connectivity index is 1.39. The zero-order valence-electron chi connectivity index (χ0n) is 26.3. The molecule has 2 aliphatic heterocycles. The number of rotatable bonds is 10. The van der Waals surface area contributed by atoms with Gasteiger partial charge >= 0.3 is 12.0 Å². The van der Waals surface area contributed by atoms with Crippen molar-refractivity contribution >= 4 is 35.2 Å². The summed E-state index contributed by atoms with van der Waals surface area (Å²) >= 11 is 0. The Morgan fingerprint density at radius 2 is 1.55 bits per heavy atom. The molecule has 14 nitrogen and oxygen atoms in total. The molecule has 0 aliphatic carbocycles. The van der Waals surface area contributed by atoms with Gasteiger partial charge < -0.3 is 44.7 Å². The van der Waals surface area contributed by atoms with Crippen LogP contribution in [0.4, 0.5) is 16.2 Å². The monoisotopic (exact) mass is 646 g/mol. The summed E-state index contributed by atoms with van der Waals surface area (Å²) in [5.74, 6) is -1.19. The van der Waals surface area contributed by atoms with Crippen LogP contribution in [0.1, 0.15) is 38.7 Å². The SMILES string of the molecule is COc1ccc(C(=O)Nc2cc(C(=O)NC(CC(=O)O)c3cccnc3)ccc2N2CCN(C(=O)N3CCOCC3)CC2)cc1OC. The van der Waals surface area contributed by atoms with Crippen LogP contribution in [-0.2, 0) is 9.53 Å². The third kappa shape index (κ3) is 8.08. The van der Waals surface area contributed by atoms with E-state index in [1.807, 2.05) is 4.90 Å². The quantitative estimate of drug-likeness (QED) is 0.299. The van der Waals surface area contributed by atoms with Crippen molar-refractivity contribution in [2.75, 3.05) is 76.9 Å². The molecular weight excluding hydrogens is 608 g/mol. The van der Waals surface area contributed by atoms with Crippen LogP contribution in [0.15, 0.2) is 60.9 Å². The lowest BCUT2D eigenvalue weighted by molar-refractivity contribution is -0.137. The minimum atomic E-state index is -1.08. The molecule has 2 fully saturated rings. The number of nitrogens with one attached hydrogen (secondary N) is 2. The number of urea groups is 1. The molecule has 5 rings (SSSR count). The zero-order chi connectivity index (χ0) is 33.3. The number of carboxylic acid groups (broad SMARTS) is 1. The summed E-state index contributed by atoms with van der Waals surface area (Å²) in [7, 11) is 2.98. The van der Waals surface area contributed by atoms with E-state index in [-0.39, 0.29) is 18.0 Å². The Labute approximate surface area is 272 Å². The lowest BCUT2D eigenvalue weighted by Crippen LogP contribution is -2.54. The number of morpholine rings is 1. The van der Waals surface area contributed by atoms with Crippen molar-refractivity contribution in [1.29, 1.82) is 0 Å². The number of nitrogens with zero attached hydrogens (tertiary/aromatic N) is 4. The van der Waals surface area contributed by atoms with Crippen molar-refractivity contribution < 1.29 is 38.5 Å². The fraction of sp³-hybridized carbons (Fsp3) is 0.364. The second-order valence-corrected chi connectivity index (χ2v) is 11.0. The van der Waals surface area contributed by atoms with Crippen molar-refractivity contribution in [3.05, 3.63) is 77.6 Å². The molecule has 0 spiro atoms. The van der Waals surface area contributed by atoms with E-state index in [1.54, 1.807) is 59.6 Å². The normalized spacial score (nSPS) is 15.4. The number of hydrogen-bond acceptors (Lipinski definition) is 9. The van der Waals surface area contributed by atoms with Gasteiger partial charge in [-0.15, -0.1) is 0 Å². The molecule has 2 saturated heterocycles. The van der Waals surface area contributed by atoms with E-state index >= 15 is 0 Å². The van der Waals surface area contributed by atoms with Crippen molar-refractivity contribution in [2.45, 2.75) is 12.5 Å². The first-order valence-electron chi connectivity index (χ1n) is 15.2. The maximum absolute atomic E-state index is 13.5. The number of methoxy groups -OCH3 is 2. The van der Waals surface area contributed by atoms with Gasteiger partial charge in [-0.3, -0.25) is 19.4 Å². The highest BCUT2D eigenvalue weighted by molar-refractivity contribution is 6.07. The van der Waals surface area contributed by atoms with Crippen molar-refractivity contribution in [3.63, 3.8) is 0 Å². The van der Waals surface area contributed by atoms with Crippen molar-refractivity contribution in [1.82, 2.24) is 20.1 Å². The molecule has 4 amide bonds. The number of pyridine rings is 1. The molecule has 2 aliphatic rings. The number of amides is 4. The average Bonchev–Trinajstić information content (AvgIpc) is 3.11. The Bertz CT molecular complexity index is 1590. The van der Waals surface area contributed by atoms with Crippen LogP contribution in [0.25, 0.3) is 0 Å². The summed E-state index contributed by atoms with van der Waals surface area (Å²) in [6, 6.07) is 12.3. The second-order valence-electron chi connectivity index (χ2n) is 11.0. The summed E-state index contributed by atoms with van der Waals surface area (Å²) in [4.78, 5) is 61.4. The van der Waals surface area contributed by atoms with Gasteiger partial charge in [-0.1, -0.05) is 6.07 Å². The Kier molecular flexibility index (Phi) is 10.7. The first-order valence-corrected chi connectivity index (χ1v) is 15.2. The number of hydrogen-bond donors (Lipinski definition) is 3. The minimum Gasteiger partial charge on any atom is -0.493 e. The second kappa shape index (κ2) is 15.3. The number of ether oxygens (including phenoxy) is 3. The first-order chi connectivity index (χ1) is 22.8. The van der Waals surface area contributed by atoms with Gasteiger partial charge in [-0.05, 0) is 48.0 Å². The summed E-state index contributed by atoms with van der Waals surface area (Å²) in [5, 5.41) is 15.2. The van der Waals surface area contributed by atoms with Gasteiger partial charge in [-0.2, -0.15) is 0 Å². The van der Waals surface area contributed by atoms with E-state index in [9.17, 15) is 24.3 Å². The van der Waals surface area contributed by atoms with Gasteiger partial charge in [0, 0.05) is 62.8 Å². The van der Waals surface area contributed by atoms with Crippen LogP contribution in [0, 0.1) is 0 Å². The Hall–Kier alpha value is -5.37. The molecule has 248 valence electrons. The number of benzene rings is 2. The summed E-state index contributed by atoms with van der Waals surface area (Å²) < 4.78 is 16.0. The van der Waals surface area contributed by atoms with E-state index in [0.29, 0.717) is 86.5 Å². The Morgan fingerprint density at radius 3 is 2.21 bits per heavy atom. The number of aliphatic carboxylic acids is 1. The number of carbonyl (C=O) groups excluding carboxylic acids is 3. The number of carbonyl (C=O) groups is 4. The molecular formula is C33H38N6O8. The fourth-order valence-corrected chi connectivity index (χ4v) is 5.57. The molecule has 0 radical (unpaired) electrons. The standard InChI is InChI=1S/C33H38N6O8/c1-45-28-8-6-23(19-29(28)46-2)32(43)36-26-18-22(31(42)35-25(20-30(40)41)24-4-3-9-34-21-24)5-7-27(26)37-10-12-38(13-11-37)33(44)39-14-16-47-17-15-39/h3-9,18-19,21,25H,10-17,20H2,1-2H3,(H,35,42)(H,36,43)(H,40,41). The molecule has 1 aromatic heterocycles. The molecule has 1 atom stereocenters. The number of aromatic nitrogens is 1. The largest absolute Gasteiger partial charge is 0.493 e. The van der Waals surface area contributed by atoms with Crippen LogP contribution in [0.3, 0.4) is 0 Å². The molecule has 1 unspecified atom stereocenters. The first kappa shape index (κ1) is 33.0. The maximum atomic E-state index is 13.5. The third-order valence-corrected chi connectivity index (χ3v) is 8.10. The number of piperazine rings is 1. The van der Waals surface area contributed by atoms with Crippen LogP contribution in [0.5, 0.6) is 11.5 Å². The topological polar surface area (TPSA) is 163 Å². The van der Waals surface area contributed by atoms with E-state index in [2.05, 4.69) is 20.5 Å². The lowest BCUT2D eigenvalue weighted by atomic mass is 10.0. The Morgan fingerprint density at radius 1 is 0.872 bits per heavy atom. The van der Waals surface area contributed by atoms with Gasteiger partial charge in [-0.25, -0.2) is 4.79 Å². The van der Waals surface area contributed by atoms with Crippen LogP contribution in [0.2, 0.25) is 0 Å².